The summed E-state index contributed by atoms with van der Waals surface area (Å²) in [4.78, 5) is 44.3. The number of anilines is 1. The van der Waals surface area contributed by atoms with Crippen molar-refractivity contribution in [3.8, 4) is 17.2 Å². The maximum absolute atomic E-state index is 13.5. The Kier molecular flexibility index (Phi) is 8.61. The summed E-state index contributed by atoms with van der Waals surface area (Å²) in [6.45, 7) is 3.47. The third kappa shape index (κ3) is 6.37. The molecule has 1 amide bonds. The Morgan fingerprint density at radius 2 is 1.87 bits per heavy atom. The van der Waals surface area contributed by atoms with Gasteiger partial charge in [0.2, 0.25) is 0 Å². The lowest BCUT2D eigenvalue weighted by Crippen LogP contribution is -2.42. The smallest absolute Gasteiger partial charge is 0.335 e. The highest BCUT2D eigenvalue weighted by Gasteiger charge is 2.22. The van der Waals surface area contributed by atoms with E-state index in [0.29, 0.717) is 28.6 Å². The van der Waals surface area contributed by atoms with Crippen LogP contribution in [-0.2, 0) is 7.05 Å². The van der Waals surface area contributed by atoms with Crippen LogP contribution in [0.3, 0.4) is 0 Å². The molecule has 2 aromatic heterocycles. The predicted molar refractivity (Wildman–Crippen MR) is 167 cm³/mol. The van der Waals surface area contributed by atoms with Crippen molar-refractivity contribution in [2.45, 2.75) is 19.9 Å². The van der Waals surface area contributed by atoms with E-state index in [2.05, 4.69) is 15.6 Å². The molecule has 1 aliphatic rings. The first-order valence-electron chi connectivity index (χ1n) is 13.8. The van der Waals surface area contributed by atoms with Crippen molar-refractivity contribution in [2.75, 3.05) is 12.4 Å². The minimum Gasteiger partial charge on any atom is -0.493 e. The zero-order valence-corrected chi connectivity index (χ0v) is 24.9. The Morgan fingerprint density at radius 3 is 2.51 bits per heavy atom. The third-order valence-electron chi connectivity index (χ3n) is 6.83. The summed E-state index contributed by atoms with van der Waals surface area (Å²) in [5.74, 6) is -0.314. The monoisotopic (exact) mass is 611 g/mol. The summed E-state index contributed by atoms with van der Waals surface area (Å²) in [5.41, 5.74) is 0.610. The average molecular weight is 612 g/mol. The highest BCUT2D eigenvalue weighted by Crippen LogP contribution is 2.34. The Balaban J connectivity index is 1.45. The molecule has 45 heavy (non-hydrogen) atoms. The van der Waals surface area contributed by atoms with E-state index in [-0.39, 0.29) is 23.0 Å². The van der Waals surface area contributed by atoms with E-state index in [1.54, 1.807) is 44.6 Å². The number of aromatic nitrogens is 4. The van der Waals surface area contributed by atoms with E-state index < -0.39 is 23.0 Å². The topological polar surface area (TPSA) is 145 Å². The van der Waals surface area contributed by atoms with Gasteiger partial charge in [0.15, 0.2) is 17.3 Å². The molecule has 4 aromatic rings. The summed E-state index contributed by atoms with van der Waals surface area (Å²) < 4.78 is 29.2. The van der Waals surface area contributed by atoms with Crippen molar-refractivity contribution >= 4 is 23.4 Å². The van der Waals surface area contributed by atoms with Gasteiger partial charge in [0.05, 0.1) is 30.5 Å². The number of aryl methyl sites for hydroxylation is 1. The van der Waals surface area contributed by atoms with Crippen LogP contribution in [0.1, 0.15) is 35.9 Å². The molecule has 0 saturated heterocycles. The first-order chi connectivity index (χ1) is 21.6. The number of imidazole rings is 1. The highest BCUT2D eigenvalue weighted by molar-refractivity contribution is 6.04. The van der Waals surface area contributed by atoms with Crippen LogP contribution in [0.15, 0.2) is 101 Å². The molecule has 0 spiro atoms. The number of benzene rings is 2. The van der Waals surface area contributed by atoms with Gasteiger partial charge in [-0.2, -0.15) is 0 Å². The molecule has 5 rings (SSSR count). The van der Waals surface area contributed by atoms with Crippen molar-refractivity contribution < 1.29 is 18.7 Å². The summed E-state index contributed by atoms with van der Waals surface area (Å²) in [6, 6.07) is 9.14. The fourth-order valence-corrected chi connectivity index (χ4v) is 4.56. The maximum atomic E-state index is 13.5. The number of carbonyl (C=O) groups is 1. The molecule has 0 aliphatic carbocycles. The number of methoxy groups -OCH3 is 1. The van der Waals surface area contributed by atoms with E-state index in [1.165, 1.54) is 42.1 Å². The molecule has 2 aromatic carbocycles. The molecule has 0 fully saturated rings. The lowest BCUT2D eigenvalue weighted by atomic mass is 10.1. The molecule has 0 unspecified atom stereocenters. The van der Waals surface area contributed by atoms with Crippen LogP contribution >= 0.6 is 0 Å². The fraction of sp³-hybridized carbons (Fsp3) is 0.156. The zero-order valence-electron chi connectivity index (χ0n) is 24.9. The molecule has 12 nitrogen and oxygen atoms in total. The first kappa shape index (κ1) is 30.5. The Morgan fingerprint density at radius 1 is 1.11 bits per heavy atom. The van der Waals surface area contributed by atoms with Crippen molar-refractivity contribution in [1.82, 2.24) is 24.0 Å². The molecule has 230 valence electrons. The number of allylic oxidation sites excluding steroid dienone is 3. The summed E-state index contributed by atoms with van der Waals surface area (Å²) in [7, 11) is 3.30. The predicted octanol–water partition coefficient (Wildman–Crippen LogP) is 4.15. The Labute approximate surface area is 256 Å². The van der Waals surface area contributed by atoms with E-state index in [0.717, 1.165) is 28.5 Å². The van der Waals surface area contributed by atoms with Crippen LogP contribution in [0.25, 0.3) is 11.3 Å². The highest BCUT2D eigenvalue weighted by atomic mass is 19.1. The quantitative estimate of drug-likeness (QED) is 0.241. The standard InChI is InChI=1S/C32H30FN7O5/c1-19(2)39-16-24(31(42)40(32(39)43)23-8-5-21(33)6-9-23)30(41)37-22-7-10-27(29(14-22)44-4)45-28-13-20(15-35-25(28)11-12-34)26-17-38(3)18-36-26/h5-19,34-35H,1-4H3,(H,37,41)/b25-11-,34-12?. The largest absolute Gasteiger partial charge is 0.493 e. The van der Waals surface area contributed by atoms with E-state index in [4.69, 9.17) is 14.9 Å². The number of halogens is 1. The summed E-state index contributed by atoms with van der Waals surface area (Å²) in [5, 5.41) is 13.3. The lowest BCUT2D eigenvalue weighted by molar-refractivity contribution is 0.102. The number of ether oxygens (including phenoxy) is 2. The Hall–Kier alpha value is -5.98. The second-order valence-corrected chi connectivity index (χ2v) is 10.3. The number of carbonyl (C=O) groups excluding carboxylic acids is 1. The van der Waals surface area contributed by atoms with Gasteiger partial charge < -0.3 is 30.1 Å². The van der Waals surface area contributed by atoms with Gasteiger partial charge in [-0.05, 0) is 62.4 Å². The van der Waals surface area contributed by atoms with Gasteiger partial charge in [0, 0.05) is 55.2 Å². The van der Waals surface area contributed by atoms with Crippen LogP contribution in [-0.4, -0.2) is 37.9 Å². The van der Waals surface area contributed by atoms with Crippen LogP contribution in [0.5, 0.6) is 11.5 Å². The number of nitrogens with one attached hydrogen (secondary N) is 3. The minimum atomic E-state index is -0.855. The first-order valence-corrected chi connectivity index (χ1v) is 13.8. The molecule has 0 bridgehead atoms. The zero-order chi connectivity index (χ0) is 32.2. The van der Waals surface area contributed by atoms with Crippen molar-refractivity contribution in [3.05, 3.63) is 129 Å². The van der Waals surface area contributed by atoms with Gasteiger partial charge in [0.25, 0.3) is 11.5 Å². The molecule has 0 radical (unpaired) electrons. The average Bonchev–Trinajstić information content (AvgIpc) is 3.45. The van der Waals surface area contributed by atoms with Crippen LogP contribution in [0, 0.1) is 11.2 Å². The molecule has 13 heteroatoms. The van der Waals surface area contributed by atoms with Gasteiger partial charge >= 0.3 is 5.69 Å². The van der Waals surface area contributed by atoms with Gasteiger partial charge in [-0.3, -0.25) is 14.2 Å². The number of dihydropyridines is 1. The Bertz CT molecular complexity index is 2000. The summed E-state index contributed by atoms with van der Waals surface area (Å²) >= 11 is 0. The second-order valence-electron chi connectivity index (χ2n) is 10.3. The lowest BCUT2D eigenvalue weighted by Gasteiger charge is -2.20. The van der Waals surface area contributed by atoms with Crippen LogP contribution < -0.4 is 31.4 Å². The normalized spacial score (nSPS) is 13.6. The number of hydrogen-bond acceptors (Lipinski definition) is 8. The third-order valence-corrected chi connectivity index (χ3v) is 6.83. The maximum Gasteiger partial charge on any atom is 0.335 e. The van der Waals surface area contributed by atoms with Crippen LogP contribution in [0.4, 0.5) is 10.1 Å². The van der Waals surface area contributed by atoms with Gasteiger partial charge in [-0.25, -0.2) is 18.7 Å². The fourth-order valence-electron chi connectivity index (χ4n) is 4.56. The minimum absolute atomic E-state index is 0.127. The number of rotatable bonds is 9. The number of amides is 1. The van der Waals surface area contributed by atoms with Crippen molar-refractivity contribution in [1.29, 1.82) is 5.41 Å². The molecule has 1 aliphatic heterocycles. The van der Waals surface area contributed by atoms with Gasteiger partial charge in [-0.15, -0.1) is 0 Å². The molecule has 0 saturated carbocycles. The van der Waals surface area contributed by atoms with Gasteiger partial charge in [0.1, 0.15) is 11.4 Å². The summed E-state index contributed by atoms with van der Waals surface area (Å²) in [6.07, 6.45) is 10.9. The number of hydrogen-bond donors (Lipinski definition) is 3. The molecular formula is C32H30FN7O5. The molecule has 3 heterocycles. The van der Waals surface area contributed by atoms with Crippen molar-refractivity contribution in [3.63, 3.8) is 0 Å². The SMILES string of the molecule is COc1cc(NC(=O)c2cn(C(C)C)c(=O)n(-c3ccc(F)cc3)c2=O)ccc1OC1=CC(c2cn(C)cn2)=CN/C1=C\C=N. The van der Waals surface area contributed by atoms with E-state index >= 15 is 0 Å². The second kappa shape index (κ2) is 12.7. The van der Waals surface area contributed by atoms with E-state index in [1.807, 2.05) is 17.8 Å². The number of nitrogens with zero attached hydrogens (tertiary/aromatic N) is 4. The van der Waals surface area contributed by atoms with Crippen LogP contribution in [0.2, 0.25) is 0 Å². The molecular weight excluding hydrogens is 581 g/mol. The van der Waals surface area contributed by atoms with E-state index in [9.17, 15) is 18.8 Å². The van der Waals surface area contributed by atoms with Crippen molar-refractivity contribution in [2.24, 2.45) is 7.05 Å². The molecule has 3 N–H and O–H groups in total. The van der Waals surface area contributed by atoms with Gasteiger partial charge in [-0.1, -0.05) is 0 Å². The molecule has 0 atom stereocenters.